The second-order valence-electron chi connectivity index (χ2n) is 6.21. The molecule has 0 bridgehead atoms. The summed E-state index contributed by atoms with van der Waals surface area (Å²) in [7, 11) is 0. The van der Waals surface area contributed by atoms with Crippen LogP contribution < -0.4 is 0 Å². The van der Waals surface area contributed by atoms with Crippen LogP contribution in [0.3, 0.4) is 0 Å². The summed E-state index contributed by atoms with van der Waals surface area (Å²) in [4.78, 5) is 0. The van der Waals surface area contributed by atoms with Gasteiger partial charge in [0.25, 0.3) is 0 Å². The highest BCUT2D eigenvalue weighted by molar-refractivity contribution is 5.40. The molecule has 0 radical (unpaired) electrons. The second-order valence-corrected chi connectivity index (χ2v) is 6.21. The van der Waals surface area contributed by atoms with Crippen LogP contribution >= 0.6 is 0 Å². The lowest BCUT2D eigenvalue weighted by atomic mass is 9.80. The molecule has 1 aliphatic carbocycles. The van der Waals surface area contributed by atoms with Crippen molar-refractivity contribution >= 4 is 0 Å². The van der Waals surface area contributed by atoms with E-state index in [-0.39, 0.29) is 5.41 Å². The molecule has 1 nitrogen and oxygen atoms in total. The molecule has 1 heteroatoms. The number of benzene rings is 1. The van der Waals surface area contributed by atoms with Gasteiger partial charge in [0.2, 0.25) is 0 Å². The Bertz CT molecular complexity index is 506. The van der Waals surface area contributed by atoms with E-state index in [1.54, 1.807) is 0 Å². The first-order chi connectivity index (χ1) is 8.92. The molecule has 0 saturated carbocycles. The molecule has 0 fully saturated rings. The zero-order valence-electron chi connectivity index (χ0n) is 12.4. The molecule has 0 spiro atoms. The molecule has 0 aliphatic heterocycles. The fourth-order valence-corrected chi connectivity index (χ4v) is 2.74. The van der Waals surface area contributed by atoms with E-state index in [1.165, 1.54) is 16.7 Å². The average molecular weight is 256 g/mol. The Morgan fingerprint density at radius 2 is 1.74 bits per heavy atom. The van der Waals surface area contributed by atoms with Crippen molar-refractivity contribution in [3.63, 3.8) is 0 Å². The van der Waals surface area contributed by atoms with Crippen LogP contribution in [0.4, 0.5) is 0 Å². The third-order valence-electron chi connectivity index (χ3n) is 4.26. The molecule has 1 aromatic carbocycles. The molecule has 0 aromatic heterocycles. The van der Waals surface area contributed by atoms with Gasteiger partial charge in [0.05, 0.1) is 6.10 Å². The SMILES string of the molecule is CC1=C(C)/C(=C\C(C)(C)C(O)c2ccccc2)CC1. The first kappa shape index (κ1) is 14.1. The summed E-state index contributed by atoms with van der Waals surface area (Å²) < 4.78 is 0. The lowest BCUT2D eigenvalue weighted by molar-refractivity contribution is 0.0815. The summed E-state index contributed by atoms with van der Waals surface area (Å²) in [5.41, 5.74) is 5.03. The molecule has 19 heavy (non-hydrogen) atoms. The molecule has 1 unspecified atom stereocenters. The Morgan fingerprint density at radius 3 is 2.26 bits per heavy atom. The number of hydrogen-bond donors (Lipinski definition) is 1. The van der Waals surface area contributed by atoms with E-state index < -0.39 is 6.10 Å². The summed E-state index contributed by atoms with van der Waals surface area (Å²) in [6.07, 6.45) is 4.07. The fraction of sp³-hybridized carbons (Fsp3) is 0.444. The molecule has 2 rings (SSSR count). The maximum Gasteiger partial charge on any atom is 0.0875 e. The standard InChI is InChI=1S/C18H24O/c1-13-10-11-16(14(13)2)12-18(3,4)17(19)15-8-6-5-7-9-15/h5-9,12,17,19H,10-11H2,1-4H3/b16-12-. The summed E-state index contributed by atoms with van der Waals surface area (Å²) >= 11 is 0. The van der Waals surface area contributed by atoms with Crippen molar-refractivity contribution in [2.75, 3.05) is 0 Å². The topological polar surface area (TPSA) is 20.2 Å². The number of aliphatic hydroxyl groups is 1. The van der Waals surface area contributed by atoms with Gasteiger partial charge in [-0.15, -0.1) is 0 Å². The van der Waals surface area contributed by atoms with E-state index in [9.17, 15) is 5.11 Å². The highest BCUT2D eigenvalue weighted by Crippen LogP contribution is 2.39. The largest absolute Gasteiger partial charge is 0.388 e. The molecular formula is C18H24O. The minimum Gasteiger partial charge on any atom is -0.388 e. The number of allylic oxidation sites excluding steroid dienone is 3. The molecule has 0 amide bonds. The van der Waals surface area contributed by atoms with E-state index in [2.05, 4.69) is 33.8 Å². The van der Waals surface area contributed by atoms with Crippen molar-refractivity contribution in [3.05, 3.63) is 58.7 Å². The first-order valence-electron chi connectivity index (χ1n) is 7.03. The van der Waals surface area contributed by atoms with Gasteiger partial charge in [-0.05, 0) is 43.4 Å². The Hall–Kier alpha value is -1.34. The van der Waals surface area contributed by atoms with Crippen molar-refractivity contribution in [3.8, 4) is 0 Å². The smallest absolute Gasteiger partial charge is 0.0875 e. The van der Waals surface area contributed by atoms with Crippen molar-refractivity contribution in [2.45, 2.75) is 46.6 Å². The van der Waals surface area contributed by atoms with Crippen LogP contribution in [-0.2, 0) is 0 Å². The molecule has 1 aliphatic rings. The van der Waals surface area contributed by atoms with E-state index in [1.807, 2.05) is 30.3 Å². The van der Waals surface area contributed by atoms with Gasteiger partial charge in [0, 0.05) is 5.41 Å². The molecule has 1 aromatic rings. The van der Waals surface area contributed by atoms with E-state index >= 15 is 0 Å². The van der Waals surface area contributed by atoms with Gasteiger partial charge in [-0.3, -0.25) is 0 Å². The summed E-state index contributed by atoms with van der Waals surface area (Å²) in [5, 5.41) is 10.6. The summed E-state index contributed by atoms with van der Waals surface area (Å²) in [6.45, 7) is 8.62. The van der Waals surface area contributed by atoms with Gasteiger partial charge >= 0.3 is 0 Å². The molecule has 1 N–H and O–H groups in total. The highest BCUT2D eigenvalue weighted by atomic mass is 16.3. The minimum absolute atomic E-state index is 0.247. The quantitative estimate of drug-likeness (QED) is 0.823. The second kappa shape index (κ2) is 5.34. The lowest BCUT2D eigenvalue weighted by Gasteiger charge is -2.28. The van der Waals surface area contributed by atoms with Crippen LogP contribution in [0.1, 0.15) is 52.2 Å². The molecule has 1 atom stereocenters. The Kier molecular flexibility index (Phi) is 3.96. The zero-order valence-corrected chi connectivity index (χ0v) is 12.4. The third kappa shape index (κ3) is 2.98. The average Bonchev–Trinajstić information content (AvgIpc) is 2.70. The van der Waals surface area contributed by atoms with Gasteiger partial charge in [-0.1, -0.05) is 55.8 Å². The predicted molar refractivity (Wildman–Crippen MR) is 80.9 cm³/mol. The summed E-state index contributed by atoms with van der Waals surface area (Å²) in [5.74, 6) is 0. The zero-order chi connectivity index (χ0) is 14.0. The van der Waals surface area contributed by atoms with Crippen LogP contribution in [0.25, 0.3) is 0 Å². The van der Waals surface area contributed by atoms with Crippen molar-refractivity contribution in [2.24, 2.45) is 5.41 Å². The Balaban J connectivity index is 2.26. The Morgan fingerprint density at radius 1 is 1.11 bits per heavy atom. The monoisotopic (exact) mass is 256 g/mol. The molecule has 0 saturated heterocycles. The number of aliphatic hydroxyl groups excluding tert-OH is 1. The molecular weight excluding hydrogens is 232 g/mol. The first-order valence-corrected chi connectivity index (χ1v) is 7.03. The van der Waals surface area contributed by atoms with Crippen LogP contribution in [0.5, 0.6) is 0 Å². The van der Waals surface area contributed by atoms with Crippen molar-refractivity contribution in [1.82, 2.24) is 0 Å². The van der Waals surface area contributed by atoms with Gasteiger partial charge < -0.3 is 5.11 Å². The van der Waals surface area contributed by atoms with E-state index in [4.69, 9.17) is 0 Å². The third-order valence-corrected chi connectivity index (χ3v) is 4.26. The van der Waals surface area contributed by atoms with Crippen molar-refractivity contribution < 1.29 is 5.11 Å². The van der Waals surface area contributed by atoms with Crippen LogP contribution in [0.2, 0.25) is 0 Å². The highest BCUT2D eigenvalue weighted by Gasteiger charge is 2.28. The molecule has 0 heterocycles. The van der Waals surface area contributed by atoms with Gasteiger partial charge in [-0.2, -0.15) is 0 Å². The van der Waals surface area contributed by atoms with E-state index in [0.29, 0.717) is 0 Å². The van der Waals surface area contributed by atoms with E-state index in [0.717, 1.165) is 18.4 Å². The van der Waals surface area contributed by atoms with Crippen LogP contribution in [0.15, 0.2) is 53.1 Å². The predicted octanol–water partition coefficient (Wildman–Crippen LogP) is 4.80. The van der Waals surface area contributed by atoms with Crippen LogP contribution in [-0.4, -0.2) is 5.11 Å². The fourth-order valence-electron chi connectivity index (χ4n) is 2.74. The van der Waals surface area contributed by atoms with Gasteiger partial charge in [0.15, 0.2) is 0 Å². The lowest BCUT2D eigenvalue weighted by Crippen LogP contribution is -2.20. The van der Waals surface area contributed by atoms with Gasteiger partial charge in [-0.25, -0.2) is 0 Å². The maximum absolute atomic E-state index is 10.6. The van der Waals surface area contributed by atoms with Gasteiger partial charge in [0.1, 0.15) is 0 Å². The normalized spacial score (nSPS) is 20.2. The number of rotatable bonds is 3. The maximum atomic E-state index is 10.6. The van der Waals surface area contributed by atoms with Crippen molar-refractivity contribution in [1.29, 1.82) is 0 Å². The minimum atomic E-state index is -0.463. The Labute approximate surface area is 116 Å². The molecule has 102 valence electrons. The number of hydrogen-bond acceptors (Lipinski definition) is 1. The summed E-state index contributed by atoms with van der Waals surface area (Å²) in [6, 6.07) is 9.93. The van der Waals surface area contributed by atoms with Crippen LogP contribution in [0, 0.1) is 5.41 Å².